The molecule has 0 spiro atoms. The summed E-state index contributed by atoms with van der Waals surface area (Å²) in [6.45, 7) is 7.83. The molecule has 35 heavy (non-hydrogen) atoms. The average Bonchev–Trinajstić information content (AvgIpc) is 3.22. The first-order valence-electron chi connectivity index (χ1n) is 12.3. The maximum Gasteiger partial charge on any atom is 0.410 e. The lowest BCUT2D eigenvalue weighted by molar-refractivity contribution is -0.117. The van der Waals surface area contributed by atoms with Crippen molar-refractivity contribution in [2.24, 2.45) is 0 Å². The molecule has 1 fully saturated rings. The number of rotatable bonds is 4. The summed E-state index contributed by atoms with van der Waals surface area (Å²) in [4.78, 5) is 48.9. The summed E-state index contributed by atoms with van der Waals surface area (Å²) in [6.07, 6.45) is 2.64. The Bertz CT molecular complexity index is 1080. The Morgan fingerprint density at radius 3 is 2.29 bits per heavy atom. The van der Waals surface area contributed by atoms with Gasteiger partial charge in [0.15, 0.2) is 11.5 Å². The van der Waals surface area contributed by atoms with Crippen LogP contribution in [0.5, 0.6) is 0 Å². The van der Waals surface area contributed by atoms with E-state index in [4.69, 9.17) is 9.72 Å². The van der Waals surface area contributed by atoms with E-state index in [1.165, 1.54) is 4.90 Å². The largest absolute Gasteiger partial charge is 0.444 e. The molecule has 0 N–H and O–H groups in total. The Labute approximate surface area is 206 Å². The SMILES string of the molecule is CN(C(=O)Cc1ccccc1)c1nc2n(c1C(=O)N1CCN(C(=O)OC(C)(C)C)CC1)CCCC2. The number of likely N-dealkylation sites (N-methyl/N-ethyl adjacent to an activating group) is 1. The topological polar surface area (TPSA) is 88.0 Å². The Morgan fingerprint density at radius 2 is 1.63 bits per heavy atom. The molecular formula is C26H35N5O4. The number of aryl methyl sites for hydroxylation is 1. The van der Waals surface area contributed by atoms with Crippen LogP contribution < -0.4 is 4.90 Å². The number of amides is 3. The summed E-state index contributed by atoms with van der Waals surface area (Å²) in [5, 5.41) is 0. The Hall–Kier alpha value is -3.36. The lowest BCUT2D eigenvalue weighted by atomic mass is 10.1. The van der Waals surface area contributed by atoms with Crippen molar-refractivity contribution in [1.82, 2.24) is 19.4 Å². The number of imidazole rings is 1. The molecule has 4 rings (SSSR count). The van der Waals surface area contributed by atoms with Crippen LogP contribution in [0.1, 0.15) is 55.5 Å². The number of carbonyl (C=O) groups is 3. The van der Waals surface area contributed by atoms with Crippen molar-refractivity contribution in [2.75, 3.05) is 38.1 Å². The molecule has 3 amide bonds. The molecule has 0 radical (unpaired) electrons. The van der Waals surface area contributed by atoms with E-state index in [0.717, 1.165) is 30.7 Å². The van der Waals surface area contributed by atoms with Gasteiger partial charge in [0.25, 0.3) is 5.91 Å². The number of aromatic nitrogens is 2. The molecule has 0 bridgehead atoms. The van der Waals surface area contributed by atoms with Gasteiger partial charge < -0.3 is 19.1 Å². The van der Waals surface area contributed by atoms with Gasteiger partial charge >= 0.3 is 6.09 Å². The molecule has 9 heteroatoms. The Kier molecular flexibility index (Phi) is 7.14. The zero-order valence-electron chi connectivity index (χ0n) is 21.1. The van der Waals surface area contributed by atoms with Gasteiger partial charge in [0.1, 0.15) is 11.4 Å². The maximum absolute atomic E-state index is 13.7. The quantitative estimate of drug-likeness (QED) is 0.670. The molecule has 1 aromatic carbocycles. The third-order valence-corrected chi connectivity index (χ3v) is 6.37. The molecule has 1 aromatic heterocycles. The van der Waals surface area contributed by atoms with Crippen molar-refractivity contribution in [3.8, 4) is 0 Å². The lowest BCUT2D eigenvalue weighted by Gasteiger charge is -2.36. The Morgan fingerprint density at radius 1 is 0.971 bits per heavy atom. The van der Waals surface area contributed by atoms with E-state index in [1.807, 2.05) is 55.7 Å². The minimum absolute atomic E-state index is 0.115. The van der Waals surface area contributed by atoms with Gasteiger partial charge in [-0.3, -0.25) is 14.5 Å². The van der Waals surface area contributed by atoms with Crippen LogP contribution in [0.25, 0.3) is 0 Å². The maximum atomic E-state index is 13.7. The van der Waals surface area contributed by atoms with Crippen molar-refractivity contribution < 1.29 is 19.1 Å². The van der Waals surface area contributed by atoms with Crippen molar-refractivity contribution in [3.05, 3.63) is 47.4 Å². The average molecular weight is 482 g/mol. The second kappa shape index (κ2) is 10.1. The molecule has 2 aliphatic rings. The molecule has 0 aliphatic carbocycles. The van der Waals surface area contributed by atoms with E-state index < -0.39 is 5.60 Å². The zero-order chi connectivity index (χ0) is 25.2. The van der Waals surface area contributed by atoms with E-state index >= 15 is 0 Å². The number of fused-ring (bicyclic) bond motifs is 1. The number of carbonyl (C=O) groups excluding carboxylic acids is 3. The van der Waals surface area contributed by atoms with Crippen LogP contribution in [0.15, 0.2) is 30.3 Å². The Balaban J connectivity index is 1.52. The molecule has 0 atom stereocenters. The normalized spacial score (nSPS) is 16.0. The molecule has 2 aliphatic heterocycles. The fourth-order valence-corrected chi connectivity index (χ4v) is 4.49. The highest BCUT2D eigenvalue weighted by molar-refractivity contribution is 6.03. The minimum atomic E-state index is -0.563. The lowest BCUT2D eigenvalue weighted by Crippen LogP contribution is -2.52. The van der Waals surface area contributed by atoms with Gasteiger partial charge in [0.05, 0.1) is 6.42 Å². The number of nitrogens with zero attached hydrogens (tertiary/aromatic N) is 5. The van der Waals surface area contributed by atoms with E-state index in [1.54, 1.807) is 16.8 Å². The third-order valence-electron chi connectivity index (χ3n) is 6.37. The van der Waals surface area contributed by atoms with Crippen LogP contribution in [0.4, 0.5) is 10.6 Å². The zero-order valence-corrected chi connectivity index (χ0v) is 21.1. The summed E-state index contributed by atoms with van der Waals surface area (Å²) < 4.78 is 7.45. The molecule has 2 aromatic rings. The van der Waals surface area contributed by atoms with Crippen LogP contribution in [-0.4, -0.2) is 76.1 Å². The molecule has 0 saturated carbocycles. The monoisotopic (exact) mass is 481 g/mol. The van der Waals surface area contributed by atoms with Crippen LogP contribution in [0.2, 0.25) is 0 Å². The van der Waals surface area contributed by atoms with Gasteiger partial charge in [-0.1, -0.05) is 30.3 Å². The molecular weight excluding hydrogens is 446 g/mol. The van der Waals surface area contributed by atoms with E-state index in [0.29, 0.717) is 44.2 Å². The predicted molar refractivity (Wildman–Crippen MR) is 132 cm³/mol. The smallest absolute Gasteiger partial charge is 0.410 e. The summed E-state index contributed by atoms with van der Waals surface area (Å²) in [5.74, 6) is 1.00. The van der Waals surface area contributed by atoms with Gasteiger partial charge in [-0.05, 0) is 39.2 Å². The number of hydrogen-bond donors (Lipinski definition) is 0. The molecule has 0 unspecified atom stereocenters. The summed E-state index contributed by atoms with van der Waals surface area (Å²) >= 11 is 0. The van der Waals surface area contributed by atoms with Crippen molar-refractivity contribution in [2.45, 2.75) is 58.6 Å². The van der Waals surface area contributed by atoms with Crippen LogP contribution >= 0.6 is 0 Å². The molecule has 188 valence electrons. The summed E-state index contributed by atoms with van der Waals surface area (Å²) in [7, 11) is 1.69. The second-order valence-electron chi connectivity index (χ2n) is 10.2. The first-order valence-corrected chi connectivity index (χ1v) is 12.3. The van der Waals surface area contributed by atoms with Crippen molar-refractivity contribution in [3.63, 3.8) is 0 Å². The highest BCUT2D eigenvalue weighted by Gasteiger charge is 2.34. The number of piperazine rings is 1. The fraction of sp³-hybridized carbons (Fsp3) is 0.538. The number of benzene rings is 1. The summed E-state index contributed by atoms with van der Waals surface area (Å²) in [6, 6.07) is 9.56. The van der Waals surface area contributed by atoms with Crippen molar-refractivity contribution in [1.29, 1.82) is 0 Å². The molecule has 1 saturated heterocycles. The van der Waals surface area contributed by atoms with Gasteiger partial charge in [-0.2, -0.15) is 0 Å². The van der Waals surface area contributed by atoms with Crippen LogP contribution in [-0.2, 0) is 28.9 Å². The number of anilines is 1. The summed E-state index contributed by atoms with van der Waals surface area (Å²) in [5.41, 5.74) is 0.820. The van der Waals surface area contributed by atoms with Crippen LogP contribution in [0.3, 0.4) is 0 Å². The first-order chi connectivity index (χ1) is 16.6. The predicted octanol–water partition coefficient (Wildman–Crippen LogP) is 3.12. The second-order valence-corrected chi connectivity index (χ2v) is 10.2. The fourth-order valence-electron chi connectivity index (χ4n) is 4.49. The van der Waals surface area contributed by atoms with E-state index in [9.17, 15) is 14.4 Å². The minimum Gasteiger partial charge on any atom is -0.444 e. The van der Waals surface area contributed by atoms with Gasteiger partial charge in [0.2, 0.25) is 5.91 Å². The molecule has 3 heterocycles. The number of hydrogen-bond acceptors (Lipinski definition) is 5. The highest BCUT2D eigenvalue weighted by atomic mass is 16.6. The van der Waals surface area contributed by atoms with Gasteiger partial charge in [0, 0.05) is 46.2 Å². The number of ether oxygens (including phenoxy) is 1. The first kappa shape index (κ1) is 24.8. The standard InChI is InChI=1S/C26H35N5O4/c1-26(2,3)35-25(34)30-16-14-29(15-17-30)24(33)22-23(27-20-12-8-9-13-31(20)22)28(4)21(32)18-19-10-6-5-7-11-19/h5-7,10-11H,8-9,12-18H2,1-4H3. The highest BCUT2D eigenvalue weighted by Crippen LogP contribution is 2.28. The third kappa shape index (κ3) is 5.66. The van der Waals surface area contributed by atoms with Gasteiger partial charge in [-0.25, -0.2) is 9.78 Å². The van der Waals surface area contributed by atoms with E-state index in [-0.39, 0.29) is 24.3 Å². The van der Waals surface area contributed by atoms with E-state index in [2.05, 4.69) is 0 Å². The van der Waals surface area contributed by atoms with Gasteiger partial charge in [-0.15, -0.1) is 0 Å². The van der Waals surface area contributed by atoms with Crippen molar-refractivity contribution >= 4 is 23.7 Å². The molecule has 9 nitrogen and oxygen atoms in total. The van der Waals surface area contributed by atoms with Crippen LogP contribution in [0, 0.1) is 0 Å².